The average molecular weight is 389 g/mol. The van der Waals surface area contributed by atoms with Crippen molar-refractivity contribution in [1.29, 1.82) is 0 Å². The number of fused-ring (bicyclic) bond motifs is 1. The van der Waals surface area contributed by atoms with Crippen molar-refractivity contribution in [3.63, 3.8) is 0 Å². The van der Waals surface area contributed by atoms with Gasteiger partial charge in [0.1, 0.15) is 0 Å². The van der Waals surface area contributed by atoms with E-state index in [0.717, 1.165) is 25.0 Å². The summed E-state index contributed by atoms with van der Waals surface area (Å²) in [4.78, 5) is 12.2. The van der Waals surface area contributed by atoms with Crippen molar-refractivity contribution in [2.24, 2.45) is 17.8 Å². The first-order valence-electron chi connectivity index (χ1n) is 9.57. The number of alkyl halides is 2. The zero-order chi connectivity index (χ0) is 18.9. The molecule has 0 aromatic carbocycles. The summed E-state index contributed by atoms with van der Waals surface area (Å²) in [6.45, 7) is 2.77. The fourth-order valence-electron chi connectivity index (χ4n) is 4.92. The summed E-state index contributed by atoms with van der Waals surface area (Å²) in [5.41, 5.74) is 1.02. The lowest BCUT2D eigenvalue weighted by molar-refractivity contribution is -0.141. The first kappa shape index (κ1) is 19.9. The van der Waals surface area contributed by atoms with Crippen LogP contribution < -0.4 is 0 Å². The molecule has 1 aliphatic carbocycles. The molecule has 0 amide bonds. The van der Waals surface area contributed by atoms with Crippen LogP contribution in [-0.4, -0.2) is 49.5 Å². The zero-order valence-electron chi connectivity index (χ0n) is 15.2. The molecule has 2 saturated heterocycles. The molecule has 5 nitrogen and oxygen atoms in total. The molecule has 8 heteroatoms. The van der Waals surface area contributed by atoms with E-state index in [1.165, 1.54) is 0 Å². The minimum absolute atomic E-state index is 0.0292. The molecule has 4 unspecified atom stereocenters. The Balaban J connectivity index is 1.82. The van der Waals surface area contributed by atoms with Crippen LogP contribution >= 0.6 is 0 Å². The van der Waals surface area contributed by atoms with Crippen molar-refractivity contribution in [3.8, 4) is 0 Å². The summed E-state index contributed by atoms with van der Waals surface area (Å²) in [6.07, 6.45) is 6.43. The van der Waals surface area contributed by atoms with E-state index in [9.17, 15) is 22.3 Å². The first-order chi connectivity index (χ1) is 12.3. The Hall–Kier alpha value is -0.860. The van der Waals surface area contributed by atoms with Crippen LogP contribution in [0.2, 0.25) is 0 Å². The van der Waals surface area contributed by atoms with Crippen molar-refractivity contribution in [3.05, 3.63) is 11.8 Å². The number of hydrogen-bond donors (Lipinski definition) is 0. The molecule has 0 N–H and O–H groups in total. The third-order valence-corrected chi connectivity index (χ3v) is 6.71. The third-order valence-electron chi connectivity index (χ3n) is 6.08. The molecular formula is C18H27F2N2O3S-. The van der Waals surface area contributed by atoms with Gasteiger partial charge in [-0.15, -0.1) is 0 Å². The number of piperidine rings is 2. The summed E-state index contributed by atoms with van der Waals surface area (Å²) in [6, 6.07) is 0. The Bertz CT molecular complexity index is 599. The van der Waals surface area contributed by atoms with Crippen LogP contribution in [-0.2, 0) is 15.9 Å². The predicted octanol–water partition coefficient (Wildman–Crippen LogP) is 3.07. The van der Waals surface area contributed by atoms with Gasteiger partial charge < -0.3 is 9.56 Å². The molecule has 2 heterocycles. The lowest BCUT2D eigenvalue weighted by atomic mass is 9.71. The topological polar surface area (TPSA) is 63.7 Å². The van der Waals surface area contributed by atoms with Crippen molar-refractivity contribution in [1.82, 2.24) is 10.0 Å². The van der Waals surface area contributed by atoms with Gasteiger partial charge >= 0.3 is 0 Å². The van der Waals surface area contributed by atoms with Gasteiger partial charge in [-0.1, -0.05) is 13.0 Å². The Kier molecular flexibility index (Phi) is 6.14. The van der Waals surface area contributed by atoms with Crippen molar-refractivity contribution in [2.45, 2.75) is 57.8 Å². The highest BCUT2D eigenvalue weighted by molar-refractivity contribution is 7.95. The summed E-state index contributed by atoms with van der Waals surface area (Å²) in [5.74, 6) is -3.13. The minimum Gasteiger partial charge on any atom is -0.766 e. The molecule has 2 fully saturated rings. The number of rotatable bonds is 4. The van der Waals surface area contributed by atoms with Crippen molar-refractivity contribution in [2.75, 3.05) is 19.6 Å². The molecule has 0 bridgehead atoms. The summed E-state index contributed by atoms with van der Waals surface area (Å²) in [7, 11) is 0. The fourth-order valence-corrected chi connectivity index (χ4v) is 5.51. The highest BCUT2D eigenvalue weighted by Crippen LogP contribution is 2.45. The van der Waals surface area contributed by atoms with Crippen LogP contribution in [0.15, 0.2) is 11.8 Å². The van der Waals surface area contributed by atoms with Gasteiger partial charge in [-0.2, -0.15) is 0 Å². The Morgan fingerprint density at radius 3 is 2.81 bits per heavy atom. The van der Waals surface area contributed by atoms with E-state index in [1.54, 1.807) is 5.01 Å². The van der Waals surface area contributed by atoms with Crippen LogP contribution in [0.5, 0.6) is 0 Å². The maximum atomic E-state index is 13.9. The molecule has 0 radical (unpaired) electrons. The molecule has 0 aromatic rings. The number of carbonyl (C=O) groups is 1. The van der Waals surface area contributed by atoms with E-state index in [-0.39, 0.29) is 24.8 Å². The molecule has 0 aromatic heterocycles. The quantitative estimate of drug-likeness (QED) is 0.692. The second kappa shape index (κ2) is 8.02. The van der Waals surface area contributed by atoms with E-state index in [1.807, 2.05) is 11.9 Å². The van der Waals surface area contributed by atoms with Gasteiger partial charge in [-0.25, -0.2) is 13.8 Å². The summed E-state index contributed by atoms with van der Waals surface area (Å²) in [5, 5.41) is 3.05. The molecule has 2 aliphatic heterocycles. The molecule has 4 atom stereocenters. The Labute approximate surface area is 156 Å². The van der Waals surface area contributed by atoms with E-state index in [0.29, 0.717) is 32.4 Å². The zero-order valence-corrected chi connectivity index (χ0v) is 16.0. The lowest BCUT2D eigenvalue weighted by Crippen LogP contribution is -2.56. The van der Waals surface area contributed by atoms with Gasteiger partial charge in [0.15, 0.2) is 0 Å². The number of allylic oxidation sites excluding steroid dienone is 2. The standard InChI is InChI=1S/C18H28F2N2O3S/c1-2-13(17(23)26(24)25)14-8-11-22(16-7-4-3-6-15(14)16)21-10-5-9-18(19,20)12-21/h7,13-15H,2-6,8-12H2,1H3,(H,24,25)/p-1. The smallest absolute Gasteiger partial charge is 0.262 e. The van der Waals surface area contributed by atoms with Crippen LogP contribution in [0.4, 0.5) is 8.78 Å². The van der Waals surface area contributed by atoms with Gasteiger partial charge in [0, 0.05) is 48.1 Å². The Morgan fingerprint density at radius 1 is 1.38 bits per heavy atom. The number of carbonyl (C=O) groups excluding carboxylic acids is 1. The highest BCUT2D eigenvalue weighted by Gasteiger charge is 2.44. The van der Waals surface area contributed by atoms with Gasteiger partial charge in [-0.05, 0) is 44.4 Å². The second-order valence-corrected chi connectivity index (χ2v) is 8.53. The van der Waals surface area contributed by atoms with E-state index < -0.39 is 28.0 Å². The Morgan fingerprint density at radius 2 is 2.15 bits per heavy atom. The third kappa shape index (κ3) is 4.02. The molecule has 26 heavy (non-hydrogen) atoms. The molecule has 0 saturated carbocycles. The predicted molar refractivity (Wildman–Crippen MR) is 93.7 cm³/mol. The number of hydrogen-bond acceptors (Lipinski definition) is 5. The maximum absolute atomic E-state index is 13.9. The molecular weight excluding hydrogens is 362 g/mol. The maximum Gasteiger partial charge on any atom is 0.262 e. The van der Waals surface area contributed by atoms with E-state index in [4.69, 9.17) is 0 Å². The van der Waals surface area contributed by atoms with Crippen molar-refractivity contribution < 1.29 is 22.3 Å². The van der Waals surface area contributed by atoms with Crippen molar-refractivity contribution >= 4 is 16.2 Å². The van der Waals surface area contributed by atoms with E-state index >= 15 is 0 Å². The van der Waals surface area contributed by atoms with Crippen LogP contribution in [0.1, 0.15) is 51.9 Å². The largest absolute Gasteiger partial charge is 0.766 e. The number of nitrogens with zero attached hydrogens (tertiary/aromatic N) is 2. The monoisotopic (exact) mass is 389 g/mol. The first-order valence-corrected chi connectivity index (χ1v) is 10.6. The number of halogens is 2. The van der Waals surface area contributed by atoms with Crippen LogP contribution in [0.3, 0.4) is 0 Å². The highest BCUT2D eigenvalue weighted by atomic mass is 32.2. The second-order valence-electron chi connectivity index (χ2n) is 7.66. The van der Waals surface area contributed by atoms with Gasteiger partial charge in [-0.3, -0.25) is 9.00 Å². The van der Waals surface area contributed by atoms with Crippen LogP contribution in [0, 0.1) is 17.8 Å². The number of hydrazine groups is 1. The summed E-state index contributed by atoms with van der Waals surface area (Å²) < 4.78 is 50.2. The SMILES string of the molecule is CCC(C(=O)S(=O)[O-])C1CCN(N2CCCC(F)(F)C2)C2=CCCCC21. The molecule has 3 aliphatic rings. The van der Waals surface area contributed by atoms with E-state index in [2.05, 4.69) is 6.08 Å². The molecule has 3 rings (SSSR count). The minimum atomic E-state index is -2.71. The summed E-state index contributed by atoms with van der Waals surface area (Å²) >= 11 is -2.71. The van der Waals surface area contributed by atoms with Gasteiger partial charge in [0.25, 0.3) is 5.92 Å². The van der Waals surface area contributed by atoms with Gasteiger partial charge in [0.2, 0.25) is 5.12 Å². The fraction of sp³-hybridized carbons (Fsp3) is 0.833. The van der Waals surface area contributed by atoms with Gasteiger partial charge in [0.05, 0.1) is 6.54 Å². The average Bonchev–Trinajstić information content (AvgIpc) is 2.61. The van der Waals surface area contributed by atoms with Crippen LogP contribution in [0.25, 0.3) is 0 Å². The molecule has 148 valence electrons. The lowest BCUT2D eigenvalue weighted by Gasteiger charge is -2.51. The molecule has 0 spiro atoms. The normalized spacial score (nSPS) is 31.7.